The van der Waals surface area contributed by atoms with E-state index in [1.54, 1.807) is 4.68 Å². The highest BCUT2D eigenvalue weighted by Gasteiger charge is 2.30. The second kappa shape index (κ2) is 7.78. The minimum atomic E-state index is -0.505. The van der Waals surface area contributed by atoms with Crippen molar-refractivity contribution < 1.29 is 14.3 Å². The number of piperidine rings is 1. The van der Waals surface area contributed by atoms with Crippen LogP contribution < -0.4 is 0 Å². The Balaban J connectivity index is 1.46. The Morgan fingerprint density at radius 1 is 1.11 bits per heavy atom. The molecular weight excluding hydrogens is 354 g/mol. The Bertz CT molecular complexity index is 847. The number of likely N-dealkylation sites (tertiary alicyclic amines) is 1. The minimum Gasteiger partial charge on any atom is -0.451 e. The molecule has 2 atom stereocenters. The molecule has 0 radical (unpaired) electrons. The molecule has 1 saturated carbocycles. The second-order valence-corrected chi connectivity index (χ2v) is 8.30. The number of esters is 1. The van der Waals surface area contributed by atoms with Crippen LogP contribution >= 0.6 is 0 Å². The molecule has 0 unspecified atom stereocenters. The molecule has 1 amide bonds. The zero-order valence-electron chi connectivity index (χ0n) is 16.5. The molecule has 6 heteroatoms. The smallest absolute Gasteiger partial charge is 0.357 e. The van der Waals surface area contributed by atoms with Crippen molar-refractivity contribution in [2.45, 2.75) is 39.0 Å². The number of carbonyl (C=O) groups is 2. The summed E-state index contributed by atoms with van der Waals surface area (Å²) in [6, 6.07) is 11.4. The second-order valence-electron chi connectivity index (χ2n) is 8.30. The summed E-state index contributed by atoms with van der Waals surface area (Å²) in [5, 5.41) is 4.62. The molecule has 2 heterocycles. The fraction of sp³-hybridized carbons (Fsp3) is 0.500. The molecule has 2 aromatic rings. The molecule has 2 aliphatic rings. The van der Waals surface area contributed by atoms with Crippen molar-refractivity contribution in [2.75, 3.05) is 19.7 Å². The van der Waals surface area contributed by atoms with Gasteiger partial charge in [0.15, 0.2) is 12.3 Å². The normalized spacial score (nSPS) is 22.1. The number of amides is 1. The van der Waals surface area contributed by atoms with E-state index >= 15 is 0 Å². The zero-order valence-corrected chi connectivity index (χ0v) is 16.5. The van der Waals surface area contributed by atoms with Crippen LogP contribution in [0.4, 0.5) is 0 Å². The van der Waals surface area contributed by atoms with Gasteiger partial charge < -0.3 is 9.64 Å². The van der Waals surface area contributed by atoms with E-state index in [2.05, 4.69) is 18.9 Å². The molecule has 0 N–H and O–H groups in total. The van der Waals surface area contributed by atoms with E-state index in [-0.39, 0.29) is 12.5 Å². The van der Waals surface area contributed by atoms with Crippen LogP contribution in [0.1, 0.15) is 55.2 Å². The van der Waals surface area contributed by atoms with Gasteiger partial charge in [0, 0.05) is 19.0 Å². The predicted molar refractivity (Wildman–Crippen MR) is 105 cm³/mol. The first-order valence-corrected chi connectivity index (χ1v) is 10.1. The lowest BCUT2D eigenvalue weighted by molar-refractivity contribution is -0.137. The number of hydrogen-bond donors (Lipinski definition) is 0. The standard InChI is InChI=1S/C22H27N3O3/c1-15-10-16(2)13-24(12-15)21(26)14-28-22(27)20-11-19(17-8-9-17)23-25(20)18-6-4-3-5-7-18/h3-7,11,15-17H,8-10,12-14H2,1-2H3/t15-,16-/m1/s1. The average molecular weight is 381 g/mol. The minimum absolute atomic E-state index is 0.125. The molecule has 2 fully saturated rings. The largest absolute Gasteiger partial charge is 0.451 e. The monoisotopic (exact) mass is 381 g/mol. The molecule has 1 aliphatic heterocycles. The van der Waals surface area contributed by atoms with Crippen molar-refractivity contribution in [1.82, 2.24) is 14.7 Å². The number of carbonyl (C=O) groups excluding carboxylic acids is 2. The first-order chi connectivity index (χ1) is 13.5. The number of aromatic nitrogens is 2. The van der Waals surface area contributed by atoms with Crippen LogP contribution in [-0.4, -0.2) is 46.3 Å². The Morgan fingerprint density at radius 2 is 1.79 bits per heavy atom. The van der Waals surface area contributed by atoms with E-state index in [1.165, 1.54) is 0 Å². The maximum Gasteiger partial charge on any atom is 0.357 e. The molecule has 0 bridgehead atoms. The fourth-order valence-corrected chi connectivity index (χ4v) is 4.05. The van der Waals surface area contributed by atoms with Gasteiger partial charge >= 0.3 is 5.97 Å². The Labute approximate surface area is 165 Å². The molecule has 0 spiro atoms. The molecule has 1 aliphatic carbocycles. The van der Waals surface area contributed by atoms with E-state index < -0.39 is 5.97 Å². The van der Waals surface area contributed by atoms with Crippen molar-refractivity contribution in [1.29, 1.82) is 0 Å². The van der Waals surface area contributed by atoms with Gasteiger partial charge in [-0.1, -0.05) is 32.0 Å². The molecule has 6 nitrogen and oxygen atoms in total. The molecule has 1 aromatic heterocycles. The van der Waals surface area contributed by atoms with Crippen LogP contribution in [0.5, 0.6) is 0 Å². The first-order valence-electron chi connectivity index (χ1n) is 10.1. The highest BCUT2D eigenvalue weighted by Crippen LogP contribution is 2.39. The lowest BCUT2D eigenvalue weighted by Crippen LogP contribution is -2.44. The highest BCUT2D eigenvalue weighted by atomic mass is 16.5. The Kier molecular flexibility index (Phi) is 5.20. The van der Waals surface area contributed by atoms with Crippen molar-refractivity contribution in [3.63, 3.8) is 0 Å². The molecule has 28 heavy (non-hydrogen) atoms. The van der Waals surface area contributed by atoms with Crippen LogP contribution in [0, 0.1) is 11.8 Å². The summed E-state index contributed by atoms with van der Waals surface area (Å²) < 4.78 is 7.03. The number of para-hydroxylation sites is 1. The maximum absolute atomic E-state index is 12.8. The van der Waals surface area contributed by atoms with Crippen LogP contribution in [0.3, 0.4) is 0 Å². The van der Waals surface area contributed by atoms with Gasteiger partial charge in [0.25, 0.3) is 5.91 Å². The quantitative estimate of drug-likeness (QED) is 0.745. The third kappa shape index (κ3) is 4.11. The SMILES string of the molecule is C[C@@H]1C[C@@H](C)CN(C(=O)COC(=O)c2cc(C3CC3)nn2-c2ccccc2)C1. The third-order valence-electron chi connectivity index (χ3n) is 5.48. The molecule has 1 aromatic carbocycles. The van der Waals surface area contributed by atoms with Crippen LogP contribution in [0.2, 0.25) is 0 Å². The van der Waals surface area contributed by atoms with Gasteiger partial charge in [-0.2, -0.15) is 5.10 Å². The molecular formula is C22H27N3O3. The summed E-state index contributed by atoms with van der Waals surface area (Å²) in [7, 11) is 0. The van der Waals surface area contributed by atoms with E-state index in [0.29, 0.717) is 23.4 Å². The first kappa shape index (κ1) is 18.7. The summed E-state index contributed by atoms with van der Waals surface area (Å²) in [5.74, 6) is 0.747. The van der Waals surface area contributed by atoms with Crippen LogP contribution in [-0.2, 0) is 9.53 Å². The topological polar surface area (TPSA) is 64.4 Å². The Morgan fingerprint density at radius 3 is 2.43 bits per heavy atom. The maximum atomic E-state index is 12.8. The molecule has 148 valence electrons. The van der Waals surface area contributed by atoms with E-state index in [0.717, 1.165) is 43.7 Å². The van der Waals surface area contributed by atoms with Gasteiger partial charge in [0.05, 0.1) is 11.4 Å². The zero-order chi connectivity index (χ0) is 19.7. The van der Waals surface area contributed by atoms with Gasteiger partial charge in [-0.3, -0.25) is 4.79 Å². The highest BCUT2D eigenvalue weighted by molar-refractivity contribution is 5.90. The van der Waals surface area contributed by atoms with Crippen molar-refractivity contribution in [2.24, 2.45) is 11.8 Å². The number of rotatable bonds is 5. The van der Waals surface area contributed by atoms with E-state index in [1.807, 2.05) is 41.3 Å². The van der Waals surface area contributed by atoms with Crippen molar-refractivity contribution in [3.05, 3.63) is 47.8 Å². The number of benzene rings is 1. The van der Waals surface area contributed by atoms with Gasteiger partial charge in [0.1, 0.15) is 0 Å². The lowest BCUT2D eigenvalue weighted by Gasteiger charge is -2.34. The molecule has 4 rings (SSSR count). The number of hydrogen-bond acceptors (Lipinski definition) is 4. The molecule has 1 saturated heterocycles. The van der Waals surface area contributed by atoms with Gasteiger partial charge in [0.2, 0.25) is 0 Å². The fourth-order valence-electron chi connectivity index (χ4n) is 4.05. The number of nitrogens with zero attached hydrogens (tertiary/aromatic N) is 3. The van der Waals surface area contributed by atoms with Crippen LogP contribution in [0.15, 0.2) is 36.4 Å². The predicted octanol–water partition coefficient (Wildman–Crippen LogP) is 3.41. The lowest BCUT2D eigenvalue weighted by atomic mass is 9.92. The van der Waals surface area contributed by atoms with Gasteiger partial charge in [-0.05, 0) is 49.3 Å². The van der Waals surface area contributed by atoms with Gasteiger partial charge in [-0.15, -0.1) is 0 Å². The van der Waals surface area contributed by atoms with Crippen molar-refractivity contribution >= 4 is 11.9 Å². The summed E-state index contributed by atoms with van der Waals surface area (Å²) in [5.41, 5.74) is 2.11. The average Bonchev–Trinajstić information content (AvgIpc) is 3.44. The Hall–Kier alpha value is -2.63. The third-order valence-corrected chi connectivity index (χ3v) is 5.48. The summed E-state index contributed by atoms with van der Waals surface area (Å²) in [6.07, 6.45) is 3.33. The van der Waals surface area contributed by atoms with Gasteiger partial charge in [-0.25, -0.2) is 9.48 Å². The number of ether oxygens (including phenoxy) is 1. The van der Waals surface area contributed by atoms with Crippen LogP contribution in [0.25, 0.3) is 5.69 Å². The van der Waals surface area contributed by atoms with E-state index in [4.69, 9.17) is 4.74 Å². The van der Waals surface area contributed by atoms with Crippen molar-refractivity contribution in [3.8, 4) is 5.69 Å². The summed E-state index contributed by atoms with van der Waals surface area (Å²) >= 11 is 0. The summed E-state index contributed by atoms with van der Waals surface area (Å²) in [4.78, 5) is 27.1. The van der Waals surface area contributed by atoms with E-state index in [9.17, 15) is 9.59 Å². The summed E-state index contributed by atoms with van der Waals surface area (Å²) in [6.45, 7) is 5.54.